The lowest BCUT2D eigenvalue weighted by molar-refractivity contribution is -0.159. The van der Waals surface area contributed by atoms with Crippen LogP contribution in [-0.4, -0.2) is 208 Å². The van der Waals surface area contributed by atoms with E-state index in [1.807, 2.05) is 0 Å². The van der Waals surface area contributed by atoms with Crippen molar-refractivity contribution in [2.75, 3.05) is 99.1 Å². The molecule has 30 nitrogen and oxygen atoms in total. The van der Waals surface area contributed by atoms with Gasteiger partial charge < -0.3 is 88.7 Å². The Hall–Kier alpha value is -8.55. The van der Waals surface area contributed by atoms with Crippen LogP contribution < -0.4 is 31.9 Å². The SMILES string of the molecule is C=CC(=O)OCC(CCF)OC(=O)C(CCCCNC(=O)OCCCCOC(=O)NCCCCC(NC(=O)OCCCCOC(=O)NCCCCC(NC(=O)OCCCCCCCC)C(=O)OC(CCF)COC(=O)C=C)C(=O)OC(CCF)COC(=O)C=C)NC(=O)OCCCCCCCC. The van der Waals surface area contributed by atoms with Crippen molar-refractivity contribution in [1.29, 1.82) is 0 Å². The van der Waals surface area contributed by atoms with Gasteiger partial charge in [-0.15, -0.1) is 0 Å². The molecular weight excluding hydrogens is 1350 g/mol. The number of carbonyl (C=O) groups excluding carboxylic acids is 12. The first-order chi connectivity index (χ1) is 49.3. The van der Waals surface area contributed by atoms with Crippen LogP contribution in [-0.2, 0) is 85.6 Å². The van der Waals surface area contributed by atoms with Gasteiger partial charge in [-0.05, 0) is 96.3 Å². The number of esters is 6. The summed E-state index contributed by atoms with van der Waals surface area (Å²) in [5.41, 5.74) is 0. The Balaban J connectivity index is 5.06. The number of alkyl carbamates (subject to hydrolysis) is 6. The van der Waals surface area contributed by atoms with Gasteiger partial charge in [-0.2, -0.15) is 0 Å². The summed E-state index contributed by atoms with van der Waals surface area (Å²) in [4.78, 5) is 150. The number of carbonyl (C=O) groups is 12. The van der Waals surface area contributed by atoms with Gasteiger partial charge in [0.05, 0.1) is 59.7 Å². The summed E-state index contributed by atoms with van der Waals surface area (Å²) in [6.45, 7) is 10.4. The van der Waals surface area contributed by atoms with Crippen LogP contribution >= 0.6 is 0 Å². The Morgan fingerprint density at radius 1 is 0.304 bits per heavy atom. The first-order valence-electron chi connectivity index (χ1n) is 35.5. The summed E-state index contributed by atoms with van der Waals surface area (Å²) >= 11 is 0. The van der Waals surface area contributed by atoms with Gasteiger partial charge in [0.25, 0.3) is 0 Å². The topological polar surface area (TPSA) is 388 Å². The molecule has 102 heavy (non-hydrogen) atoms. The van der Waals surface area contributed by atoms with Gasteiger partial charge in [0, 0.05) is 57.1 Å². The third-order valence-electron chi connectivity index (χ3n) is 14.6. The number of hydrogen-bond acceptors (Lipinski definition) is 24. The molecule has 0 saturated heterocycles. The maximum Gasteiger partial charge on any atom is 0.407 e. The Labute approximate surface area is 597 Å². The maximum atomic E-state index is 13.4. The molecule has 0 fully saturated rings. The normalized spacial score (nSPS) is 12.4. The van der Waals surface area contributed by atoms with Crippen LogP contribution in [0.15, 0.2) is 38.0 Å². The second-order valence-electron chi connectivity index (χ2n) is 23.2. The van der Waals surface area contributed by atoms with Crippen LogP contribution in [0.25, 0.3) is 0 Å². The van der Waals surface area contributed by atoms with Gasteiger partial charge in [-0.3, -0.25) is 13.2 Å². The predicted molar refractivity (Wildman–Crippen MR) is 365 cm³/mol. The molecule has 33 heteroatoms. The molecule has 0 heterocycles. The minimum Gasteiger partial charge on any atom is -0.459 e. The minimum atomic E-state index is -1.33. The molecule has 0 rings (SSSR count). The summed E-state index contributed by atoms with van der Waals surface area (Å²) in [6, 6.07) is -3.74. The van der Waals surface area contributed by atoms with Gasteiger partial charge in [0.1, 0.15) is 56.3 Å². The standard InChI is InChI=1S/C69H113F3N6O24/c1-6-11-13-15-17-25-43-94-67(88)76-55(61(82)100-52(34-37-70)49-97-58(79)8-3)31-19-22-40-73-64(85)91-45-27-28-46-92-65(86)74-41-24-21-33-57(63(84)102-54(36-39-72)51-99-60(81)10-5)78-69(90)96-48-30-29-47-93-66(87)75-42-23-20-32-56(77-68(89)95-44-26-18-16-14-12-7-2)62(83)101-53(35-38-71)50-98-59(80)9-4/h8-10,52-57H,3-7,11-51H2,1-2H3,(H,73,85)(H,74,86)(H,75,87)(H,76,88)(H,77,89)(H,78,90). The third-order valence-corrected chi connectivity index (χ3v) is 14.6. The molecule has 6 amide bonds. The van der Waals surface area contributed by atoms with Crippen LogP contribution in [0.1, 0.15) is 194 Å². The second kappa shape index (κ2) is 64.5. The smallest absolute Gasteiger partial charge is 0.407 e. The monoisotopic (exact) mass is 1470 g/mol. The highest BCUT2D eigenvalue weighted by atomic mass is 19.1. The highest BCUT2D eigenvalue weighted by molar-refractivity contribution is 5.84. The van der Waals surface area contributed by atoms with Crippen molar-refractivity contribution in [3.05, 3.63) is 38.0 Å². The molecule has 584 valence electrons. The van der Waals surface area contributed by atoms with E-state index < -0.39 is 149 Å². The van der Waals surface area contributed by atoms with E-state index in [4.69, 9.17) is 56.8 Å². The molecule has 0 bridgehead atoms. The van der Waals surface area contributed by atoms with Crippen molar-refractivity contribution < 1.29 is 128 Å². The van der Waals surface area contributed by atoms with Crippen LogP contribution in [0.4, 0.5) is 41.9 Å². The van der Waals surface area contributed by atoms with Crippen molar-refractivity contribution >= 4 is 72.4 Å². The van der Waals surface area contributed by atoms with E-state index >= 15 is 0 Å². The van der Waals surface area contributed by atoms with E-state index in [-0.39, 0.29) is 123 Å². The van der Waals surface area contributed by atoms with E-state index in [1.54, 1.807) is 0 Å². The highest BCUT2D eigenvalue weighted by Gasteiger charge is 2.30. The zero-order valence-corrected chi connectivity index (χ0v) is 59.7. The Kier molecular flexibility index (Phi) is 59.1. The highest BCUT2D eigenvalue weighted by Crippen LogP contribution is 2.14. The fourth-order valence-electron chi connectivity index (χ4n) is 8.94. The number of ether oxygens (including phenoxy) is 12. The number of hydrogen-bond donors (Lipinski definition) is 6. The number of rotatable bonds is 63. The zero-order valence-electron chi connectivity index (χ0n) is 59.7. The third kappa shape index (κ3) is 54.2. The minimum absolute atomic E-state index is 0.0131. The number of amides is 6. The van der Waals surface area contributed by atoms with Crippen molar-refractivity contribution in [1.82, 2.24) is 31.9 Å². The van der Waals surface area contributed by atoms with Crippen molar-refractivity contribution in [2.45, 2.75) is 230 Å². The first kappa shape index (κ1) is 93.5. The fourth-order valence-corrected chi connectivity index (χ4v) is 8.94. The Morgan fingerprint density at radius 3 is 0.784 bits per heavy atom. The maximum absolute atomic E-state index is 13.4. The quantitative estimate of drug-likeness (QED) is 0.0143. The van der Waals surface area contributed by atoms with Gasteiger partial charge in [-0.25, -0.2) is 57.5 Å². The van der Waals surface area contributed by atoms with Gasteiger partial charge in [-0.1, -0.05) is 97.8 Å². The Morgan fingerprint density at radius 2 is 0.539 bits per heavy atom. The fraction of sp³-hybridized carbons (Fsp3) is 0.739. The average molecular weight is 1470 g/mol. The number of nitrogens with one attached hydrogen (secondary N) is 6. The van der Waals surface area contributed by atoms with Crippen molar-refractivity contribution in [3.63, 3.8) is 0 Å². The summed E-state index contributed by atoms with van der Waals surface area (Å²) in [5, 5.41) is 15.1. The molecule has 0 spiro atoms. The van der Waals surface area contributed by atoms with Gasteiger partial charge in [0.15, 0.2) is 0 Å². The van der Waals surface area contributed by atoms with E-state index in [2.05, 4.69) is 65.5 Å². The van der Waals surface area contributed by atoms with Crippen LogP contribution in [0, 0.1) is 0 Å². The molecule has 0 aliphatic heterocycles. The van der Waals surface area contributed by atoms with E-state index in [9.17, 15) is 70.7 Å². The molecule has 0 saturated carbocycles. The molecule has 0 aromatic heterocycles. The number of alkyl halides is 3. The summed E-state index contributed by atoms with van der Waals surface area (Å²) in [7, 11) is 0. The molecule has 0 aliphatic carbocycles. The summed E-state index contributed by atoms with van der Waals surface area (Å²) < 4.78 is 102. The second-order valence-corrected chi connectivity index (χ2v) is 23.2. The summed E-state index contributed by atoms with van der Waals surface area (Å²) in [5.74, 6) is -5.21. The molecule has 0 aromatic carbocycles. The van der Waals surface area contributed by atoms with Crippen molar-refractivity contribution in [2.24, 2.45) is 0 Å². The van der Waals surface area contributed by atoms with E-state index in [1.165, 1.54) is 0 Å². The molecule has 0 radical (unpaired) electrons. The number of halogens is 3. The molecule has 6 N–H and O–H groups in total. The van der Waals surface area contributed by atoms with Gasteiger partial charge in [0.2, 0.25) is 0 Å². The predicted octanol–water partition coefficient (Wildman–Crippen LogP) is 10.2. The lowest BCUT2D eigenvalue weighted by atomic mass is 10.1. The van der Waals surface area contributed by atoms with Crippen molar-refractivity contribution in [3.8, 4) is 0 Å². The van der Waals surface area contributed by atoms with E-state index in [0.717, 1.165) is 82.4 Å². The first-order valence-corrected chi connectivity index (χ1v) is 35.5. The lowest BCUT2D eigenvalue weighted by Gasteiger charge is -2.22. The zero-order chi connectivity index (χ0) is 75.6. The molecule has 6 unspecified atom stereocenters. The number of unbranched alkanes of at least 4 members (excludes halogenated alkanes) is 15. The molecule has 6 atom stereocenters. The largest absolute Gasteiger partial charge is 0.459 e. The average Bonchev–Trinajstić information content (AvgIpc) is 0.918. The van der Waals surface area contributed by atoms with Crippen LogP contribution in [0.5, 0.6) is 0 Å². The lowest BCUT2D eigenvalue weighted by Crippen LogP contribution is -2.44. The van der Waals surface area contributed by atoms with Crippen LogP contribution in [0.2, 0.25) is 0 Å². The van der Waals surface area contributed by atoms with Gasteiger partial charge >= 0.3 is 72.4 Å². The molecular formula is C69H113F3N6O24. The molecule has 0 aliphatic rings. The Bertz CT molecular complexity index is 2420. The molecule has 0 aromatic rings. The van der Waals surface area contributed by atoms with Crippen LogP contribution in [0.3, 0.4) is 0 Å². The summed E-state index contributed by atoms with van der Waals surface area (Å²) in [6.07, 6.45) is 7.89. The van der Waals surface area contributed by atoms with E-state index in [0.29, 0.717) is 51.4 Å².